The summed E-state index contributed by atoms with van der Waals surface area (Å²) in [5.41, 5.74) is 5.98. The lowest BCUT2D eigenvalue weighted by Crippen LogP contribution is -2.15. The van der Waals surface area contributed by atoms with Gasteiger partial charge in [-0.05, 0) is 12.1 Å². The molecule has 3 N–H and O–H groups in total. The molecule has 0 saturated carbocycles. The molecular formula is C9H12N2O3. The van der Waals surface area contributed by atoms with Crippen molar-refractivity contribution < 1.29 is 14.7 Å². The lowest BCUT2D eigenvalue weighted by Gasteiger charge is -2.08. The Hall–Kier alpha value is -1.75. The summed E-state index contributed by atoms with van der Waals surface area (Å²) < 4.78 is 9.96. The normalized spacial score (nSPS) is 11.4. The zero-order valence-corrected chi connectivity index (χ0v) is 7.80. The Morgan fingerprint density at radius 1 is 1.50 bits per heavy atom. The molecule has 76 valence electrons. The van der Waals surface area contributed by atoms with Crippen LogP contribution in [0.1, 0.15) is 5.56 Å². The number of methoxy groups -OCH3 is 1. The zero-order valence-electron chi connectivity index (χ0n) is 7.80. The standard InChI is InChI=1S/C9H12N2O3/c1-13-6-14-8-5-3-2-4-7(8)9(10)11-12/h2-5,12H,6H2,1H3,(H2,10,11). The molecule has 0 heterocycles. The topological polar surface area (TPSA) is 77.1 Å². The number of rotatable bonds is 4. The van der Waals surface area contributed by atoms with E-state index in [0.29, 0.717) is 11.3 Å². The SMILES string of the molecule is COCOc1ccccc1C(N)=NO. The van der Waals surface area contributed by atoms with E-state index >= 15 is 0 Å². The number of ether oxygens (including phenoxy) is 2. The Morgan fingerprint density at radius 3 is 2.86 bits per heavy atom. The summed E-state index contributed by atoms with van der Waals surface area (Å²) in [4.78, 5) is 0. The van der Waals surface area contributed by atoms with Gasteiger partial charge < -0.3 is 20.4 Å². The van der Waals surface area contributed by atoms with Crippen LogP contribution in [0.25, 0.3) is 0 Å². The summed E-state index contributed by atoms with van der Waals surface area (Å²) in [5.74, 6) is 0.529. The van der Waals surface area contributed by atoms with Crippen molar-refractivity contribution in [2.45, 2.75) is 0 Å². The highest BCUT2D eigenvalue weighted by Crippen LogP contribution is 2.17. The van der Waals surface area contributed by atoms with Gasteiger partial charge >= 0.3 is 0 Å². The van der Waals surface area contributed by atoms with Crippen LogP contribution in [0, 0.1) is 0 Å². The van der Waals surface area contributed by atoms with Crippen LogP contribution in [-0.2, 0) is 4.74 Å². The summed E-state index contributed by atoms with van der Waals surface area (Å²) in [5, 5.41) is 11.4. The van der Waals surface area contributed by atoms with Gasteiger partial charge in [0.25, 0.3) is 0 Å². The molecular weight excluding hydrogens is 184 g/mol. The average Bonchev–Trinajstić information content (AvgIpc) is 2.25. The fourth-order valence-corrected chi connectivity index (χ4v) is 0.980. The second-order valence-corrected chi connectivity index (χ2v) is 2.53. The molecule has 0 atom stereocenters. The molecule has 0 aliphatic rings. The third kappa shape index (κ3) is 2.37. The Balaban J connectivity index is 2.91. The van der Waals surface area contributed by atoms with Crippen LogP contribution in [0.2, 0.25) is 0 Å². The molecule has 0 radical (unpaired) electrons. The van der Waals surface area contributed by atoms with Crippen LogP contribution in [0.3, 0.4) is 0 Å². The molecule has 1 rings (SSSR count). The van der Waals surface area contributed by atoms with E-state index in [-0.39, 0.29) is 12.6 Å². The van der Waals surface area contributed by atoms with Gasteiger partial charge in [-0.15, -0.1) is 0 Å². The van der Waals surface area contributed by atoms with E-state index in [0.717, 1.165) is 0 Å². The molecule has 1 aromatic carbocycles. The Labute approximate surface area is 81.7 Å². The number of para-hydroxylation sites is 1. The lowest BCUT2D eigenvalue weighted by atomic mass is 10.2. The first-order valence-corrected chi connectivity index (χ1v) is 3.98. The lowest BCUT2D eigenvalue weighted by molar-refractivity contribution is 0.0510. The molecule has 0 saturated heterocycles. The molecule has 5 heteroatoms. The number of nitrogens with two attached hydrogens (primary N) is 1. The highest BCUT2D eigenvalue weighted by atomic mass is 16.7. The maximum absolute atomic E-state index is 8.51. The second kappa shape index (κ2) is 5.08. The van der Waals surface area contributed by atoms with Crippen LogP contribution in [0.15, 0.2) is 29.4 Å². The molecule has 5 nitrogen and oxygen atoms in total. The van der Waals surface area contributed by atoms with Crippen LogP contribution in [0.5, 0.6) is 5.75 Å². The molecule has 0 spiro atoms. The van der Waals surface area contributed by atoms with Gasteiger partial charge in [0.2, 0.25) is 0 Å². The molecule has 0 aliphatic heterocycles. The summed E-state index contributed by atoms with van der Waals surface area (Å²) in [6.07, 6.45) is 0. The second-order valence-electron chi connectivity index (χ2n) is 2.53. The largest absolute Gasteiger partial charge is 0.467 e. The quantitative estimate of drug-likeness (QED) is 0.245. The summed E-state index contributed by atoms with van der Waals surface area (Å²) in [6, 6.07) is 6.97. The molecule has 0 aliphatic carbocycles. The van der Waals surface area contributed by atoms with E-state index in [2.05, 4.69) is 5.16 Å². The monoisotopic (exact) mass is 196 g/mol. The van der Waals surface area contributed by atoms with Gasteiger partial charge in [-0.2, -0.15) is 0 Å². The third-order valence-electron chi connectivity index (χ3n) is 1.60. The van der Waals surface area contributed by atoms with E-state index < -0.39 is 0 Å². The van der Waals surface area contributed by atoms with E-state index in [1.54, 1.807) is 24.3 Å². The molecule has 1 aromatic rings. The smallest absolute Gasteiger partial charge is 0.188 e. The summed E-state index contributed by atoms with van der Waals surface area (Å²) >= 11 is 0. The van der Waals surface area contributed by atoms with Crippen molar-refractivity contribution in [1.82, 2.24) is 0 Å². The van der Waals surface area contributed by atoms with Crippen molar-refractivity contribution in [3.05, 3.63) is 29.8 Å². The van der Waals surface area contributed by atoms with E-state index in [4.69, 9.17) is 20.4 Å². The number of benzene rings is 1. The minimum Gasteiger partial charge on any atom is -0.467 e. The zero-order chi connectivity index (χ0) is 10.4. The van der Waals surface area contributed by atoms with Crippen molar-refractivity contribution >= 4 is 5.84 Å². The molecule has 0 bridgehead atoms. The van der Waals surface area contributed by atoms with Crippen molar-refractivity contribution in [3.8, 4) is 5.75 Å². The maximum atomic E-state index is 8.51. The number of hydrogen-bond donors (Lipinski definition) is 2. The fraction of sp³-hybridized carbons (Fsp3) is 0.222. The van der Waals surface area contributed by atoms with Crippen LogP contribution in [0.4, 0.5) is 0 Å². The van der Waals surface area contributed by atoms with Gasteiger partial charge in [0.1, 0.15) is 5.75 Å². The minimum atomic E-state index is 0.0108. The van der Waals surface area contributed by atoms with E-state index in [1.807, 2.05) is 0 Å². The van der Waals surface area contributed by atoms with Gasteiger partial charge in [0, 0.05) is 7.11 Å². The average molecular weight is 196 g/mol. The van der Waals surface area contributed by atoms with Crippen molar-refractivity contribution in [3.63, 3.8) is 0 Å². The number of oxime groups is 1. The number of nitrogens with zero attached hydrogens (tertiary/aromatic N) is 1. The summed E-state index contributed by atoms with van der Waals surface area (Å²) in [7, 11) is 1.52. The maximum Gasteiger partial charge on any atom is 0.188 e. The first kappa shape index (κ1) is 10.3. The van der Waals surface area contributed by atoms with Crippen LogP contribution in [-0.4, -0.2) is 24.9 Å². The van der Waals surface area contributed by atoms with Crippen molar-refractivity contribution in [2.24, 2.45) is 10.9 Å². The van der Waals surface area contributed by atoms with Gasteiger partial charge in [-0.25, -0.2) is 0 Å². The Morgan fingerprint density at radius 2 is 2.21 bits per heavy atom. The first-order chi connectivity index (χ1) is 6.79. The number of hydrogen-bond acceptors (Lipinski definition) is 4. The predicted octanol–water partition coefficient (Wildman–Crippen LogP) is 0.764. The van der Waals surface area contributed by atoms with Crippen molar-refractivity contribution in [1.29, 1.82) is 0 Å². The first-order valence-electron chi connectivity index (χ1n) is 3.98. The molecule has 14 heavy (non-hydrogen) atoms. The molecule has 0 fully saturated rings. The highest BCUT2D eigenvalue weighted by molar-refractivity contribution is 5.99. The Kier molecular flexibility index (Phi) is 3.75. The van der Waals surface area contributed by atoms with E-state index in [1.165, 1.54) is 7.11 Å². The minimum absolute atomic E-state index is 0.0108. The van der Waals surface area contributed by atoms with Gasteiger partial charge in [-0.1, -0.05) is 17.3 Å². The third-order valence-corrected chi connectivity index (χ3v) is 1.60. The number of amidine groups is 1. The van der Waals surface area contributed by atoms with Gasteiger partial charge in [0.05, 0.1) is 5.56 Å². The predicted molar refractivity (Wildman–Crippen MR) is 51.5 cm³/mol. The summed E-state index contributed by atoms with van der Waals surface area (Å²) in [6.45, 7) is 0.121. The van der Waals surface area contributed by atoms with Crippen LogP contribution >= 0.6 is 0 Å². The van der Waals surface area contributed by atoms with E-state index in [9.17, 15) is 0 Å². The fourth-order valence-electron chi connectivity index (χ4n) is 0.980. The molecule has 0 unspecified atom stereocenters. The van der Waals surface area contributed by atoms with Crippen molar-refractivity contribution in [2.75, 3.05) is 13.9 Å². The molecule has 0 aromatic heterocycles. The van der Waals surface area contributed by atoms with Gasteiger partial charge in [0.15, 0.2) is 12.6 Å². The highest BCUT2D eigenvalue weighted by Gasteiger charge is 2.06. The van der Waals surface area contributed by atoms with Crippen LogP contribution < -0.4 is 10.5 Å². The molecule has 0 amide bonds. The Bertz CT molecular complexity index is 326. The van der Waals surface area contributed by atoms with Gasteiger partial charge in [-0.3, -0.25) is 0 Å².